The average Bonchev–Trinajstić information content (AvgIpc) is 3.22. The Morgan fingerprint density at radius 1 is 1.11 bits per heavy atom. The molecule has 2 heterocycles. The normalized spacial score (nSPS) is 11.1. The minimum atomic E-state index is -0.429. The molecule has 0 bridgehead atoms. The van der Waals surface area contributed by atoms with Crippen LogP contribution in [0.5, 0.6) is 0 Å². The Labute approximate surface area is 205 Å². The summed E-state index contributed by atoms with van der Waals surface area (Å²) in [6.07, 6.45) is 0.358. The maximum absolute atomic E-state index is 11.9. The van der Waals surface area contributed by atoms with Gasteiger partial charge in [-0.25, -0.2) is 14.8 Å². The third-order valence-electron chi connectivity index (χ3n) is 5.74. The van der Waals surface area contributed by atoms with Gasteiger partial charge in [-0.1, -0.05) is 61.5 Å². The van der Waals surface area contributed by atoms with E-state index in [2.05, 4.69) is 51.9 Å². The summed E-state index contributed by atoms with van der Waals surface area (Å²) >= 11 is 0. The summed E-state index contributed by atoms with van der Waals surface area (Å²) in [5, 5.41) is 6.98. The molecule has 4 aromatic rings. The van der Waals surface area contributed by atoms with Crippen LogP contribution in [0.1, 0.15) is 30.8 Å². The van der Waals surface area contributed by atoms with Crippen LogP contribution in [0.25, 0.3) is 21.9 Å². The quantitative estimate of drug-likeness (QED) is 0.236. The third-order valence-corrected chi connectivity index (χ3v) is 5.74. The van der Waals surface area contributed by atoms with Crippen LogP contribution in [-0.4, -0.2) is 40.3 Å². The molecule has 0 saturated carbocycles. The molecule has 182 valence electrons. The van der Waals surface area contributed by atoms with Gasteiger partial charge >= 0.3 is 6.09 Å². The fraction of sp³-hybridized carbons (Fsp3) is 0.296. The van der Waals surface area contributed by atoms with E-state index in [4.69, 9.17) is 15.5 Å². The lowest BCUT2D eigenvalue weighted by atomic mass is 10.1. The first-order chi connectivity index (χ1) is 17.0. The molecule has 4 N–H and O–H groups in total. The molecule has 2 aromatic heterocycles. The molecule has 8 heteroatoms. The number of carbonyl (C=O) groups excluding carboxylic acids is 1. The molecule has 0 atom stereocenters. The number of nitrogens with one attached hydrogen (secondary N) is 2. The monoisotopic (exact) mass is 472 g/mol. The number of aromatic nitrogens is 3. The van der Waals surface area contributed by atoms with Crippen molar-refractivity contribution < 1.29 is 9.53 Å². The first-order valence-electron chi connectivity index (χ1n) is 11.8. The molecule has 35 heavy (non-hydrogen) atoms. The number of hydrogen-bond donors (Lipinski definition) is 3. The first kappa shape index (κ1) is 24.2. The summed E-state index contributed by atoms with van der Waals surface area (Å²) in [7, 11) is 0. The molecule has 8 nitrogen and oxygen atoms in total. The summed E-state index contributed by atoms with van der Waals surface area (Å²) in [5.41, 5.74) is 12.0. The summed E-state index contributed by atoms with van der Waals surface area (Å²) < 4.78 is 7.41. The van der Waals surface area contributed by atoms with Gasteiger partial charge in [0.05, 0.1) is 11.0 Å². The van der Waals surface area contributed by atoms with Gasteiger partial charge in [-0.2, -0.15) is 0 Å². The van der Waals surface area contributed by atoms with Crippen molar-refractivity contribution in [2.45, 2.75) is 33.4 Å². The van der Waals surface area contributed by atoms with E-state index in [1.54, 1.807) is 0 Å². The summed E-state index contributed by atoms with van der Waals surface area (Å²) in [6.45, 7) is 10.5. The minimum absolute atomic E-state index is 0.311. The third kappa shape index (κ3) is 5.78. The number of nitrogen functional groups attached to an aromatic ring is 1. The Balaban J connectivity index is 1.42. The number of benzene rings is 2. The highest BCUT2D eigenvalue weighted by atomic mass is 16.5. The van der Waals surface area contributed by atoms with Crippen molar-refractivity contribution in [1.82, 2.24) is 25.2 Å². The number of para-hydroxylation sites is 1. The number of aryl methyl sites for hydroxylation is 1. The number of hydrogen-bond acceptors (Lipinski definition) is 6. The maximum atomic E-state index is 11.9. The van der Waals surface area contributed by atoms with E-state index in [1.165, 1.54) is 0 Å². The van der Waals surface area contributed by atoms with Crippen LogP contribution in [-0.2, 0) is 24.2 Å². The number of fused-ring (bicyclic) bond motifs is 3. The number of anilines is 1. The van der Waals surface area contributed by atoms with Gasteiger partial charge in [-0.15, -0.1) is 0 Å². The van der Waals surface area contributed by atoms with E-state index < -0.39 is 6.09 Å². The van der Waals surface area contributed by atoms with Crippen LogP contribution in [0.15, 0.2) is 60.7 Å². The molecule has 0 fully saturated rings. The Bertz CT molecular complexity index is 1340. The van der Waals surface area contributed by atoms with E-state index in [9.17, 15) is 4.79 Å². The minimum Gasteiger partial charge on any atom is -0.448 e. The lowest BCUT2D eigenvalue weighted by Crippen LogP contribution is -2.28. The first-order valence-corrected chi connectivity index (χ1v) is 11.8. The van der Waals surface area contributed by atoms with Crippen molar-refractivity contribution in [3.63, 3.8) is 0 Å². The van der Waals surface area contributed by atoms with Gasteiger partial charge in [-0.3, -0.25) is 0 Å². The zero-order chi connectivity index (χ0) is 24.8. The smallest absolute Gasteiger partial charge is 0.407 e. The van der Waals surface area contributed by atoms with E-state index >= 15 is 0 Å². The van der Waals surface area contributed by atoms with Gasteiger partial charge < -0.3 is 25.7 Å². The largest absolute Gasteiger partial charge is 0.448 e. The predicted molar refractivity (Wildman–Crippen MR) is 140 cm³/mol. The van der Waals surface area contributed by atoms with Gasteiger partial charge in [-0.05, 0) is 24.1 Å². The van der Waals surface area contributed by atoms with Crippen LogP contribution >= 0.6 is 0 Å². The van der Waals surface area contributed by atoms with Crippen molar-refractivity contribution in [3.05, 3.63) is 77.6 Å². The molecule has 0 spiro atoms. The number of carbonyl (C=O) groups is 1. The number of amides is 1. The second-order valence-corrected chi connectivity index (χ2v) is 8.62. The molecule has 0 radical (unpaired) electrons. The number of nitrogens with two attached hydrogens (primary N) is 1. The number of alkyl carbamates (subject to hydrolysis) is 1. The summed E-state index contributed by atoms with van der Waals surface area (Å²) in [4.78, 5) is 21.2. The molecule has 0 unspecified atom stereocenters. The molecule has 0 aliphatic carbocycles. The Hall–Kier alpha value is -3.91. The number of imidazole rings is 1. The predicted octanol–water partition coefficient (Wildman–Crippen LogP) is 4.17. The molecule has 4 rings (SSSR count). The van der Waals surface area contributed by atoms with E-state index in [0.29, 0.717) is 38.6 Å². The van der Waals surface area contributed by atoms with Crippen LogP contribution in [0.3, 0.4) is 0 Å². The number of ether oxygens (including phenoxy) is 1. The second-order valence-electron chi connectivity index (χ2n) is 8.62. The fourth-order valence-corrected chi connectivity index (χ4v) is 4.03. The molecule has 0 saturated heterocycles. The summed E-state index contributed by atoms with van der Waals surface area (Å²) in [5.74, 6) is 1.42. The standard InChI is InChI=1S/C27H32N6O2/c1-4-23-32-24-25(21-7-5-6-8-22(21)31-26(24)28)33(23)17-20-11-9-19(10-12-20)16-30-27(34)35-14-13-29-15-18(2)3/h5-12,29H,2,4,13-17H2,1,3H3,(H2,28,31)(H,30,34). The SMILES string of the molecule is C=C(C)CNCCOC(=O)NCc1ccc(Cn2c(CC)nc3c(N)nc4ccccc4c32)cc1. The molecule has 0 aliphatic heterocycles. The number of rotatable bonds is 10. The Morgan fingerprint density at radius 2 is 1.86 bits per heavy atom. The average molecular weight is 473 g/mol. The zero-order valence-electron chi connectivity index (χ0n) is 20.3. The molecule has 1 amide bonds. The van der Waals surface area contributed by atoms with Gasteiger partial charge in [0.1, 0.15) is 17.9 Å². The lowest BCUT2D eigenvalue weighted by Gasteiger charge is -2.11. The van der Waals surface area contributed by atoms with E-state index in [0.717, 1.165) is 50.9 Å². The summed E-state index contributed by atoms with van der Waals surface area (Å²) in [6, 6.07) is 16.2. The highest BCUT2D eigenvalue weighted by Gasteiger charge is 2.16. The molecule has 2 aromatic carbocycles. The topological polar surface area (TPSA) is 107 Å². The van der Waals surface area contributed by atoms with Crippen LogP contribution in [0.2, 0.25) is 0 Å². The van der Waals surface area contributed by atoms with Gasteiger partial charge in [0, 0.05) is 38.0 Å². The van der Waals surface area contributed by atoms with Crippen molar-refractivity contribution in [1.29, 1.82) is 0 Å². The van der Waals surface area contributed by atoms with Gasteiger partial charge in [0.2, 0.25) is 0 Å². The van der Waals surface area contributed by atoms with Crippen molar-refractivity contribution >= 4 is 33.8 Å². The molecule has 0 aliphatic rings. The Morgan fingerprint density at radius 3 is 2.60 bits per heavy atom. The van der Waals surface area contributed by atoms with Crippen LogP contribution in [0, 0.1) is 0 Å². The lowest BCUT2D eigenvalue weighted by molar-refractivity contribution is 0.146. The molecular formula is C27H32N6O2. The number of pyridine rings is 1. The maximum Gasteiger partial charge on any atom is 0.407 e. The van der Waals surface area contributed by atoms with Crippen LogP contribution < -0.4 is 16.4 Å². The molecular weight excluding hydrogens is 440 g/mol. The van der Waals surface area contributed by atoms with Crippen molar-refractivity contribution in [2.75, 3.05) is 25.4 Å². The van der Waals surface area contributed by atoms with Crippen LogP contribution in [0.4, 0.5) is 10.6 Å². The van der Waals surface area contributed by atoms with E-state index in [1.807, 2.05) is 37.3 Å². The van der Waals surface area contributed by atoms with Crippen molar-refractivity contribution in [2.24, 2.45) is 0 Å². The fourth-order valence-electron chi connectivity index (χ4n) is 4.03. The van der Waals surface area contributed by atoms with Crippen molar-refractivity contribution in [3.8, 4) is 0 Å². The second kappa shape index (κ2) is 11.0. The zero-order valence-corrected chi connectivity index (χ0v) is 20.3. The van der Waals surface area contributed by atoms with Gasteiger partial charge in [0.15, 0.2) is 5.82 Å². The highest BCUT2D eigenvalue weighted by Crippen LogP contribution is 2.29. The number of nitrogens with zero attached hydrogens (tertiary/aromatic N) is 3. The highest BCUT2D eigenvalue weighted by molar-refractivity contribution is 6.06. The Kier molecular flexibility index (Phi) is 7.62. The van der Waals surface area contributed by atoms with E-state index in [-0.39, 0.29) is 0 Å². The van der Waals surface area contributed by atoms with Gasteiger partial charge in [0.25, 0.3) is 0 Å².